The van der Waals surface area contributed by atoms with E-state index in [1.807, 2.05) is 24.0 Å². The Morgan fingerprint density at radius 3 is 2.57 bits per heavy atom. The molecule has 2 heterocycles. The molecule has 0 spiro atoms. The van der Waals surface area contributed by atoms with Crippen LogP contribution in [0.25, 0.3) is 0 Å². The van der Waals surface area contributed by atoms with Gasteiger partial charge in [0.15, 0.2) is 5.82 Å². The van der Waals surface area contributed by atoms with Gasteiger partial charge in [-0.1, -0.05) is 0 Å². The molecule has 0 atom stereocenters. The van der Waals surface area contributed by atoms with Crippen molar-refractivity contribution in [1.82, 2.24) is 10.2 Å². The lowest BCUT2D eigenvalue weighted by Crippen LogP contribution is -2.50. The third kappa shape index (κ3) is 1.66. The Kier molecular flexibility index (Phi) is 2.31. The molecule has 76 valence electrons. The number of rotatable bonds is 2. The molecule has 0 aromatic carbocycles. The van der Waals surface area contributed by atoms with Crippen LogP contribution in [0.5, 0.6) is 0 Å². The maximum absolute atomic E-state index is 12.2. The van der Waals surface area contributed by atoms with Gasteiger partial charge in [0.05, 0.1) is 11.6 Å². The molecule has 0 aliphatic carbocycles. The van der Waals surface area contributed by atoms with Gasteiger partial charge in [-0.2, -0.15) is 5.10 Å². The molecule has 1 aliphatic rings. The highest BCUT2D eigenvalue weighted by Crippen LogP contribution is 2.26. The van der Waals surface area contributed by atoms with E-state index in [2.05, 4.69) is 10.2 Å². The molecule has 1 aliphatic heterocycles. The van der Waals surface area contributed by atoms with Crippen LogP contribution in [0, 0.1) is 12.8 Å². The number of hydrogen-bond acceptors (Lipinski definition) is 3. The van der Waals surface area contributed by atoms with Crippen LogP contribution in [0.3, 0.4) is 0 Å². The summed E-state index contributed by atoms with van der Waals surface area (Å²) >= 11 is 0. The molecule has 0 saturated carbocycles. The van der Waals surface area contributed by atoms with E-state index in [4.69, 9.17) is 0 Å². The highest BCUT2D eigenvalue weighted by molar-refractivity contribution is 5.40. The van der Waals surface area contributed by atoms with Gasteiger partial charge in [-0.3, -0.25) is 0 Å². The van der Waals surface area contributed by atoms with Gasteiger partial charge < -0.3 is 4.90 Å². The van der Waals surface area contributed by atoms with Crippen molar-refractivity contribution in [3.8, 4) is 0 Å². The predicted molar refractivity (Wildman–Crippen MR) is 48.5 cm³/mol. The first kappa shape index (κ1) is 9.30. The zero-order chi connectivity index (χ0) is 10.1. The predicted octanol–water partition coefficient (Wildman–Crippen LogP) is 1.49. The van der Waals surface area contributed by atoms with Crippen LogP contribution in [0.15, 0.2) is 12.1 Å². The summed E-state index contributed by atoms with van der Waals surface area (Å²) < 4.78 is 24.3. The summed E-state index contributed by atoms with van der Waals surface area (Å²) in [5.74, 6) is 0.186. The van der Waals surface area contributed by atoms with Crippen LogP contribution in [-0.4, -0.2) is 29.7 Å². The normalized spacial score (nSPS) is 17.3. The lowest BCUT2D eigenvalue weighted by atomic mass is 10.0. The Hall–Kier alpha value is -1.26. The van der Waals surface area contributed by atoms with Crippen LogP contribution >= 0.6 is 0 Å². The van der Waals surface area contributed by atoms with Crippen LogP contribution < -0.4 is 4.90 Å². The van der Waals surface area contributed by atoms with Crippen LogP contribution in [0.4, 0.5) is 14.6 Å². The maximum Gasteiger partial charge on any atom is 0.244 e. The van der Waals surface area contributed by atoms with Crippen molar-refractivity contribution >= 4 is 5.82 Å². The molecule has 3 nitrogen and oxygen atoms in total. The van der Waals surface area contributed by atoms with Crippen molar-refractivity contribution < 1.29 is 8.78 Å². The minimum absolute atomic E-state index is 0.384. The number of alkyl halides is 2. The molecule has 1 saturated heterocycles. The van der Waals surface area contributed by atoms with Gasteiger partial charge >= 0.3 is 0 Å². The topological polar surface area (TPSA) is 29.0 Å². The van der Waals surface area contributed by atoms with Crippen LogP contribution in [-0.2, 0) is 0 Å². The quantitative estimate of drug-likeness (QED) is 0.722. The molecule has 2 rings (SSSR count). The second-order valence-electron chi connectivity index (χ2n) is 3.53. The first-order chi connectivity index (χ1) is 6.66. The Bertz CT molecular complexity index is 306. The van der Waals surface area contributed by atoms with Crippen LogP contribution in [0.1, 0.15) is 5.69 Å². The smallest absolute Gasteiger partial charge is 0.244 e. The van der Waals surface area contributed by atoms with E-state index in [0.29, 0.717) is 18.9 Å². The molecular formula is C9H11F2N3. The summed E-state index contributed by atoms with van der Waals surface area (Å²) in [7, 11) is 0. The number of anilines is 1. The molecule has 1 aromatic rings. The fourth-order valence-electron chi connectivity index (χ4n) is 1.42. The van der Waals surface area contributed by atoms with E-state index in [0.717, 1.165) is 5.69 Å². The van der Waals surface area contributed by atoms with Crippen molar-refractivity contribution in [2.75, 3.05) is 18.0 Å². The Morgan fingerprint density at radius 2 is 2.07 bits per heavy atom. The summed E-state index contributed by atoms with van der Waals surface area (Å²) in [6, 6.07) is 3.64. The molecule has 0 radical (unpaired) electrons. The van der Waals surface area contributed by atoms with E-state index < -0.39 is 12.3 Å². The Balaban J connectivity index is 1.96. The van der Waals surface area contributed by atoms with E-state index in [-0.39, 0.29) is 0 Å². The molecule has 0 unspecified atom stereocenters. The molecule has 5 heteroatoms. The van der Waals surface area contributed by atoms with Gasteiger partial charge in [0.1, 0.15) is 0 Å². The van der Waals surface area contributed by atoms with Gasteiger partial charge in [-0.15, -0.1) is 5.10 Å². The second-order valence-corrected chi connectivity index (χ2v) is 3.53. The zero-order valence-electron chi connectivity index (χ0n) is 7.82. The summed E-state index contributed by atoms with van der Waals surface area (Å²) in [4.78, 5) is 1.81. The summed E-state index contributed by atoms with van der Waals surface area (Å²) in [6.07, 6.45) is -2.22. The first-order valence-corrected chi connectivity index (χ1v) is 4.50. The molecule has 1 aromatic heterocycles. The van der Waals surface area contributed by atoms with Crippen molar-refractivity contribution in [3.63, 3.8) is 0 Å². The fourth-order valence-corrected chi connectivity index (χ4v) is 1.42. The third-order valence-corrected chi connectivity index (χ3v) is 2.37. The van der Waals surface area contributed by atoms with E-state index >= 15 is 0 Å². The van der Waals surface area contributed by atoms with Crippen molar-refractivity contribution in [3.05, 3.63) is 17.8 Å². The molecular weight excluding hydrogens is 188 g/mol. The van der Waals surface area contributed by atoms with E-state index in [1.54, 1.807) is 0 Å². The molecule has 14 heavy (non-hydrogen) atoms. The van der Waals surface area contributed by atoms with Gasteiger partial charge in [0.2, 0.25) is 6.43 Å². The largest absolute Gasteiger partial charge is 0.354 e. The first-order valence-electron chi connectivity index (χ1n) is 4.50. The van der Waals surface area contributed by atoms with E-state index in [1.165, 1.54) is 0 Å². The van der Waals surface area contributed by atoms with Crippen molar-refractivity contribution in [1.29, 1.82) is 0 Å². The fraction of sp³-hybridized carbons (Fsp3) is 0.556. The van der Waals surface area contributed by atoms with Gasteiger partial charge in [-0.05, 0) is 19.1 Å². The number of hydrogen-bond donors (Lipinski definition) is 0. The minimum atomic E-state index is -2.22. The van der Waals surface area contributed by atoms with Gasteiger partial charge in [-0.25, -0.2) is 8.78 Å². The number of aryl methyl sites for hydroxylation is 1. The molecule has 0 amide bonds. The zero-order valence-corrected chi connectivity index (χ0v) is 7.82. The van der Waals surface area contributed by atoms with Gasteiger partial charge in [0.25, 0.3) is 0 Å². The molecule has 0 N–H and O–H groups in total. The summed E-state index contributed by atoms with van der Waals surface area (Å²) in [6.45, 7) is 2.61. The van der Waals surface area contributed by atoms with Crippen LogP contribution in [0.2, 0.25) is 0 Å². The maximum atomic E-state index is 12.2. The van der Waals surface area contributed by atoms with Crippen molar-refractivity contribution in [2.24, 2.45) is 5.92 Å². The molecule has 1 fully saturated rings. The third-order valence-electron chi connectivity index (χ3n) is 2.37. The SMILES string of the molecule is Cc1ccc(N2CC(C(F)F)C2)nn1. The standard InChI is InChI=1S/C9H11F2N3/c1-6-2-3-8(13-12-6)14-4-7(5-14)9(10)11/h2-3,7,9H,4-5H2,1H3. The lowest BCUT2D eigenvalue weighted by Gasteiger charge is -2.39. The average Bonchev–Trinajstić information content (AvgIpc) is 2.05. The highest BCUT2D eigenvalue weighted by Gasteiger charge is 2.34. The number of halogens is 2. The Morgan fingerprint density at radius 1 is 1.36 bits per heavy atom. The number of aromatic nitrogens is 2. The van der Waals surface area contributed by atoms with Crippen molar-refractivity contribution in [2.45, 2.75) is 13.3 Å². The van der Waals surface area contributed by atoms with Gasteiger partial charge in [0, 0.05) is 13.1 Å². The summed E-state index contributed by atoms with van der Waals surface area (Å²) in [5, 5.41) is 7.80. The Labute approximate surface area is 80.7 Å². The molecule has 0 bridgehead atoms. The lowest BCUT2D eigenvalue weighted by molar-refractivity contribution is 0.0610. The number of nitrogens with zero attached hydrogens (tertiary/aromatic N) is 3. The van der Waals surface area contributed by atoms with E-state index in [9.17, 15) is 8.78 Å². The average molecular weight is 199 g/mol. The minimum Gasteiger partial charge on any atom is -0.354 e. The second kappa shape index (κ2) is 3.48. The highest BCUT2D eigenvalue weighted by atomic mass is 19.3. The summed E-state index contributed by atoms with van der Waals surface area (Å²) in [5.41, 5.74) is 0.833. The monoisotopic (exact) mass is 199 g/mol.